The first kappa shape index (κ1) is 15.3. The van der Waals surface area contributed by atoms with Crippen LogP contribution in [0.2, 0.25) is 0 Å². The molecule has 8 heteroatoms. The highest BCUT2D eigenvalue weighted by atomic mass is 32.1. The summed E-state index contributed by atoms with van der Waals surface area (Å²) in [4.78, 5) is 37.9. The van der Waals surface area contributed by atoms with Crippen LogP contribution < -0.4 is 11.0 Å². The molecule has 0 saturated heterocycles. The van der Waals surface area contributed by atoms with E-state index in [-0.39, 0.29) is 29.8 Å². The van der Waals surface area contributed by atoms with E-state index in [1.165, 1.54) is 27.1 Å². The number of thiophene rings is 1. The molecule has 4 rings (SSSR count). The molecule has 0 unspecified atom stereocenters. The Hall–Kier alpha value is -2.22. The molecule has 2 aliphatic carbocycles. The van der Waals surface area contributed by atoms with E-state index >= 15 is 0 Å². The molecule has 0 spiro atoms. The summed E-state index contributed by atoms with van der Waals surface area (Å²) in [7, 11) is 1.58. The van der Waals surface area contributed by atoms with Crippen molar-refractivity contribution < 1.29 is 9.59 Å². The number of Topliss-reactive ketones (excluding diaryl/α,β-unsaturated/α-hetero) is 1. The first-order valence-corrected chi connectivity index (χ1v) is 8.93. The lowest BCUT2D eigenvalue weighted by molar-refractivity contribution is -0.116. The van der Waals surface area contributed by atoms with E-state index in [4.69, 9.17) is 0 Å². The Balaban J connectivity index is 1.58. The number of hydrogen-bond acceptors (Lipinski definition) is 5. The van der Waals surface area contributed by atoms with E-state index < -0.39 is 0 Å². The molecule has 0 atom stereocenters. The monoisotopic (exact) mass is 346 g/mol. The number of fused-ring (bicyclic) bond motifs is 1. The quantitative estimate of drug-likeness (QED) is 0.829. The fourth-order valence-corrected chi connectivity index (χ4v) is 4.44. The summed E-state index contributed by atoms with van der Waals surface area (Å²) in [5.41, 5.74) is 1.51. The average molecular weight is 346 g/mol. The van der Waals surface area contributed by atoms with Crippen molar-refractivity contribution in [1.82, 2.24) is 14.3 Å². The summed E-state index contributed by atoms with van der Waals surface area (Å²) < 4.78 is 2.42. The number of nitrogens with one attached hydrogen (secondary N) is 1. The molecule has 1 N–H and O–H groups in total. The van der Waals surface area contributed by atoms with Crippen molar-refractivity contribution in [2.24, 2.45) is 13.0 Å². The number of rotatable bonds is 5. The number of aryl methyl sites for hydroxylation is 2. The summed E-state index contributed by atoms with van der Waals surface area (Å²) in [6.45, 7) is -0.153. The van der Waals surface area contributed by atoms with E-state index in [0.717, 1.165) is 47.9 Å². The molecule has 1 saturated carbocycles. The normalized spacial score (nSPS) is 16.2. The second-order valence-corrected chi connectivity index (χ2v) is 7.54. The molecule has 7 nitrogen and oxygen atoms in total. The molecule has 1 amide bonds. The molecule has 2 aromatic rings. The summed E-state index contributed by atoms with van der Waals surface area (Å²) in [6, 6.07) is 0. The molecule has 126 valence electrons. The molecule has 0 radical (unpaired) electrons. The van der Waals surface area contributed by atoms with Crippen LogP contribution in [0.3, 0.4) is 0 Å². The summed E-state index contributed by atoms with van der Waals surface area (Å²) in [6.07, 6.45) is 6.22. The Morgan fingerprint density at radius 1 is 1.38 bits per heavy atom. The highest BCUT2D eigenvalue weighted by molar-refractivity contribution is 7.17. The van der Waals surface area contributed by atoms with Crippen molar-refractivity contribution in [3.63, 3.8) is 0 Å². The first-order chi connectivity index (χ1) is 11.5. The van der Waals surface area contributed by atoms with Gasteiger partial charge in [-0.25, -0.2) is 9.48 Å². The van der Waals surface area contributed by atoms with Crippen LogP contribution >= 0.6 is 11.3 Å². The molecule has 1 fully saturated rings. The van der Waals surface area contributed by atoms with Gasteiger partial charge in [0.15, 0.2) is 5.78 Å². The average Bonchev–Trinajstić information content (AvgIpc) is 3.12. The number of ketones is 1. The standard InChI is InChI=1S/C16H18N4O3S/c1-19-8-17-20(16(19)23)7-12(21)18-15-13(14(22)9-5-6-9)10-3-2-4-11(10)24-15/h8-9H,2-7H2,1H3,(H,18,21). The number of hydrogen-bond donors (Lipinski definition) is 1. The van der Waals surface area contributed by atoms with Crippen LogP contribution in [-0.2, 0) is 31.2 Å². The van der Waals surface area contributed by atoms with Gasteiger partial charge in [-0.1, -0.05) is 0 Å². The third-order valence-electron chi connectivity index (χ3n) is 4.55. The highest BCUT2D eigenvalue weighted by Gasteiger charge is 2.36. The van der Waals surface area contributed by atoms with Gasteiger partial charge in [-0.05, 0) is 37.7 Å². The lowest BCUT2D eigenvalue weighted by Crippen LogP contribution is -2.29. The van der Waals surface area contributed by atoms with Crippen LogP contribution in [0.15, 0.2) is 11.1 Å². The van der Waals surface area contributed by atoms with Crippen LogP contribution in [-0.4, -0.2) is 26.0 Å². The Bertz CT molecular complexity index is 888. The van der Waals surface area contributed by atoms with Crippen LogP contribution in [0.5, 0.6) is 0 Å². The van der Waals surface area contributed by atoms with E-state index in [1.807, 2.05) is 0 Å². The minimum absolute atomic E-state index is 0.123. The van der Waals surface area contributed by atoms with Gasteiger partial charge in [0.1, 0.15) is 17.9 Å². The van der Waals surface area contributed by atoms with Gasteiger partial charge in [-0.3, -0.25) is 14.2 Å². The second kappa shape index (κ2) is 5.70. The number of nitrogens with zero attached hydrogens (tertiary/aromatic N) is 3. The summed E-state index contributed by atoms with van der Waals surface area (Å²) in [5.74, 6) is -0.0429. The zero-order valence-corrected chi connectivity index (χ0v) is 14.2. The summed E-state index contributed by atoms with van der Waals surface area (Å²) in [5, 5.41) is 7.37. The lowest BCUT2D eigenvalue weighted by Gasteiger charge is -2.07. The van der Waals surface area contributed by atoms with E-state index in [1.54, 1.807) is 7.05 Å². The molecule has 0 aliphatic heterocycles. The second-order valence-electron chi connectivity index (χ2n) is 6.43. The van der Waals surface area contributed by atoms with Crippen molar-refractivity contribution in [1.29, 1.82) is 0 Å². The molecule has 0 aromatic carbocycles. The van der Waals surface area contributed by atoms with Crippen molar-refractivity contribution in [3.05, 3.63) is 32.8 Å². The Morgan fingerprint density at radius 3 is 2.83 bits per heavy atom. The minimum atomic E-state index is -0.340. The van der Waals surface area contributed by atoms with Gasteiger partial charge in [-0.15, -0.1) is 11.3 Å². The van der Waals surface area contributed by atoms with E-state index in [9.17, 15) is 14.4 Å². The maximum absolute atomic E-state index is 12.6. The third-order valence-corrected chi connectivity index (χ3v) is 5.76. The third kappa shape index (κ3) is 2.60. The SMILES string of the molecule is Cn1cnn(CC(=O)Nc2sc3c(c2C(=O)C2CC2)CCC3)c1=O. The van der Waals surface area contributed by atoms with Crippen molar-refractivity contribution >= 4 is 28.0 Å². The van der Waals surface area contributed by atoms with Crippen LogP contribution in [0.1, 0.15) is 40.1 Å². The molecule has 0 bridgehead atoms. The summed E-state index contributed by atoms with van der Waals surface area (Å²) >= 11 is 1.50. The zero-order chi connectivity index (χ0) is 16.8. The van der Waals surface area contributed by atoms with Crippen LogP contribution in [0.4, 0.5) is 5.00 Å². The molecule has 2 aromatic heterocycles. The van der Waals surface area contributed by atoms with Gasteiger partial charge in [0.25, 0.3) is 0 Å². The predicted octanol–water partition coefficient (Wildman–Crippen LogP) is 1.36. The first-order valence-electron chi connectivity index (χ1n) is 8.11. The zero-order valence-electron chi connectivity index (χ0n) is 13.4. The fourth-order valence-electron chi connectivity index (χ4n) is 3.13. The number of aromatic nitrogens is 3. The van der Waals surface area contributed by atoms with Crippen molar-refractivity contribution in [3.8, 4) is 0 Å². The Labute approximate surface area is 142 Å². The van der Waals surface area contributed by atoms with Gasteiger partial charge in [-0.2, -0.15) is 5.10 Å². The van der Waals surface area contributed by atoms with Gasteiger partial charge < -0.3 is 5.32 Å². The smallest absolute Gasteiger partial charge is 0.315 e. The van der Waals surface area contributed by atoms with Gasteiger partial charge in [0, 0.05) is 17.8 Å². The number of anilines is 1. The molecule has 2 aliphatic rings. The van der Waals surface area contributed by atoms with E-state index in [0.29, 0.717) is 5.00 Å². The highest BCUT2D eigenvalue weighted by Crippen LogP contribution is 2.43. The maximum Gasteiger partial charge on any atom is 0.345 e. The van der Waals surface area contributed by atoms with Crippen LogP contribution in [0.25, 0.3) is 0 Å². The molecular formula is C16H18N4O3S. The number of amides is 1. The Morgan fingerprint density at radius 2 is 2.17 bits per heavy atom. The predicted molar refractivity (Wildman–Crippen MR) is 89.5 cm³/mol. The number of carbonyl (C=O) groups is 2. The molecular weight excluding hydrogens is 328 g/mol. The minimum Gasteiger partial charge on any atom is -0.315 e. The van der Waals surface area contributed by atoms with Gasteiger partial charge in [0.05, 0.1) is 5.56 Å². The number of carbonyl (C=O) groups excluding carboxylic acids is 2. The Kier molecular flexibility index (Phi) is 3.64. The van der Waals surface area contributed by atoms with Gasteiger partial charge >= 0.3 is 5.69 Å². The fraction of sp³-hybridized carbons (Fsp3) is 0.500. The lowest BCUT2D eigenvalue weighted by atomic mass is 10.0. The van der Waals surface area contributed by atoms with Crippen molar-refractivity contribution in [2.75, 3.05) is 5.32 Å². The van der Waals surface area contributed by atoms with Crippen molar-refractivity contribution in [2.45, 2.75) is 38.6 Å². The topological polar surface area (TPSA) is 86.0 Å². The maximum atomic E-state index is 12.6. The van der Waals surface area contributed by atoms with E-state index in [2.05, 4.69) is 10.4 Å². The van der Waals surface area contributed by atoms with Gasteiger partial charge in [0.2, 0.25) is 5.91 Å². The van der Waals surface area contributed by atoms with Crippen LogP contribution in [0, 0.1) is 5.92 Å². The molecule has 2 heterocycles. The molecule has 24 heavy (non-hydrogen) atoms. The largest absolute Gasteiger partial charge is 0.345 e.